The zero-order valence-electron chi connectivity index (χ0n) is 16.6. The molecule has 2 amide bonds. The number of carbonyl (C=O) groups excluding carboxylic acids is 2. The summed E-state index contributed by atoms with van der Waals surface area (Å²) in [7, 11) is 0. The van der Waals surface area contributed by atoms with Crippen molar-refractivity contribution in [2.24, 2.45) is 5.92 Å². The second-order valence-electron chi connectivity index (χ2n) is 7.63. The van der Waals surface area contributed by atoms with E-state index in [-0.39, 0.29) is 24.3 Å². The minimum absolute atomic E-state index is 0.0498. The molecular formula is C21H29N5O2. The molecule has 2 heterocycles. The molecule has 1 saturated heterocycles. The van der Waals surface area contributed by atoms with Crippen LogP contribution in [0, 0.1) is 5.92 Å². The summed E-state index contributed by atoms with van der Waals surface area (Å²) < 4.78 is 1.83. The number of nitrogens with one attached hydrogen (secondary N) is 2. The molecule has 7 nitrogen and oxygen atoms in total. The third-order valence-corrected chi connectivity index (χ3v) is 4.81. The van der Waals surface area contributed by atoms with Crippen LogP contribution in [0.1, 0.15) is 25.8 Å². The molecule has 150 valence electrons. The second kappa shape index (κ2) is 9.50. The number of benzene rings is 1. The van der Waals surface area contributed by atoms with Crippen LogP contribution in [-0.2, 0) is 16.0 Å². The minimum Gasteiger partial charge on any atom is -0.356 e. The number of aromatic nitrogens is 2. The quantitative estimate of drug-likeness (QED) is 0.722. The van der Waals surface area contributed by atoms with Crippen LogP contribution in [0.2, 0.25) is 0 Å². The summed E-state index contributed by atoms with van der Waals surface area (Å²) in [6, 6.07) is 9.53. The van der Waals surface area contributed by atoms with Crippen molar-refractivity contribution >= 4 is 11.8 Å². The summed E-state index contributed by atoms with van der Waals surface area (Å²) in [6.45, 7) is 7.04. The predicted octanol–water partition coefficient (Wildman–Crippen LogP) is 1.38. The van der Waals surface area contributed by atoms with Crippen molar-refractivity contribution in [2.75, 3.05) is 26.2 Å². The molecule has 2 aromatic rings. The van der Waals surface area contributed by atoms with Crippen LogP contribution < -0.4 is 10.6 Å². The molecule has 1 aromatic carbocycles. The molecule has 1 aliphatic rings. The van der Waals surface area contributed by atoms with E-state index in [9.17, 15) is 9.59 Å². The lowest BCUT2D eigenvalue weighted by Gasteiger charge is -2.35. The van der Waals surface area contributed by atoms with Crippen molar-refractivity contribution in [3.63, 3.8) is 0 Å². The first kappa shape index (κ1) is 20.1. The van der Waals surface area contributed by atoms with E-state index in [1.807, 2.05) is 47.4 Å². The number of piperazine rings is 1. The summed E-state index contributed by atoms with van der Waals surface area (Å²) in [6.07, 6.45) is 4.69. The van der Waals surface area contributed by atoms with Crippen LogP contribution in [-0.4, -0.2) is 58.7 Å². The third kappa shape index (κ3) is 5.42. The monoisotopic (exact) mass is 383 g/mol. The van der Waals surface area contributed by atoms with Crippen LogP contribution in [0.25, 0.3) is 5.69 Å². The molecule has 0 saturated carbocycles. The number of hydrogen-bond donors (Lipinski definition) is 2. The van der Waals surface area contributed by atoms with E-state index >= 15 is 0 Å². The summed E-state index contributed by atoms with van der Waals surface area (Å²) in [4.78, 5) is 26.7. The van der Waals surface area contributed by atoms with Gasteiger partial charge in [0.15, 0.2) is 0 Å². The van der Waals surface area contributed by atoms with Gasteiger partial charge in [-0.3, -0.25) is 14.5 Å². The van der Waals surface area contributed by atoms with E-state index in [0.717, 1.165) is 24.3 Å². The van der Waals surface area contributed by atoms with Gasteiger partial charge in [-0.25, -0.2) is 4.68 Å². The Morgan fingerprint density at radius 1 is 1.32 bits per heavy atom. The Morgan fingerprint density at radius 2 is 2.11 bits per heavy atom. The lowest BCUT2D eigenvalue weighted by Crippen LogP contribution is -2.57. The highest BCUT2D eigenvalue weighted by Crippen LogP contribution is 2.12. The molecule has 1 aliphatic heterocycles. The lowest BCUT2D eigenvalue weighted by atomic mass is 10.1. The molecule has 0 bridgehead atoms. The topological polar surface area (TPSA) is 79.3 Å². The number of nitrogens with zero attached hydrogens (tertiary/aromatic N) is 3. The van der Waals surface area contributed by atoms with Gasteiger partial charge in [0.1, 0.15) is 0 Å². The van der Waals surface area contributed by atoms with E-state index in [1.54, 1.807) is 0 Å². The number of hydrogen-bond acceptors (Lipinski definition) is 4. The fourth-order valence-corrected chi connectivity index (χ4v) is 3.48. The highest BCUT2D eigenvalue weighted by Gasteiger charge is 2.31. The van der Waals surface area contributed by atoms with Gasteiger partial charge in [-0.1, -0.05) is 32.0 Å². The van der Waals surface area contributed by atoms with Crippen molar-refractivity contribution in [1.29, 1.82) is 0 Å². The molecule has 7 heteroatoms. The Bertz CT molecular complexity index is 787. The van der Waals surface area contributed by atoms with Gasteiger partial charge in [0.2, 0.25) is 11.8 Å². The summed E-state index contributed by atoms with van der Waals surface area (Å²) >= 11 is 0. The Labute approximate surface area is 166 Å². The van der Waals surface area contributed by atoms with Gasteiger partial charge >= 0.3 is 0 Å². The number of rotatable bonds is 8. The van der Waals surface area contributed by atoms with Crippen molar-refractivity contribution in [1.82, 2.24) is 25.3 Å². The molecule has 1 aromatic heterocycles. The zero-order chi connectivity index (χ0) is 19.9. The maximum atomic E-state index is 12.4. The molecule has 0 spiro atoms. The molecular weight excluding hydrogens is 354 g/mol. The number of carbonyl (C=O) groups is 2. The SMILES string of the molecule is CC(C)CN1CCNC(=O)[C@@H]1CC(=O)NCCc1cnn(-c2ccccc2)c1. The van der Waals surface area contributed by atoms with Gasteiger partial charge in [-0.05, 0) is 30.0 Å². The normalized spacial score (nSPS) is 17.5. The van der Waals surface area contributed by atoms with Gasteiger partial charge in [0.25, 0.3) is 0 Å². The Kier molecular flexibility index (Phi) is 6.81. The molecule has 0 unspecified atom stereocenters. The maximum Gasteiger partial charge on any atom is 0.237 e. The van der Waals surface area contributed by atoms with Crippen LogP contribution in [0.4, 0.5) is 0 Å². The zero-order valence-corrected chi connectivity index (χ0v) is 16.6. The first-order valence-corrected chi connectivity index (χ1v) is 9.90. The van der Waals surface area contributed by atoms with Crippen molar-refractivity contribution in [3.05, 3.63) is 48.3 Å². The largest absolute Gasteiger partial charge is 0.356 e. The van der Waals surface area contributed by atoms with Gasteiger partial charge in [-0.15, -0.1) is 0 Å². The van der Waals surface area contributed by atoms with E-state index in [2.05, 4.69) is 34.5 Å². The van der Waals surface area contributed by atoms with E-state index < -0.39 is 0 Å². The lowest BCUT2D eigenvalue weighted by molar-refractivity contribution is -0.134. The highest BCUT2D eigenvalue weighted by molar-refractivity contribution is 5.88. The van der Waals surface area contributed by atoms with Gasteiger partial charge in [0.05, 0.1) is 24.3 Å². The van der Waals surface area contributed by atoms with Gasteiger partial charge in [0, 0.05) is 32.4 Å². The van der Waals surface area contributed by atoms with E-state index in [4.69, 9.17) is 0 Å². The van der Waals surface area contributed by atoms with Crippen LogP contribution >= 0.6 is 0 Å². The van der Waals surface area contributed by atoms with E-state index in [0.29, 0.717) is 25.4 Å². The molecule has 28 heavy (non-hydrogen) atoms. The molecule has 1 fully saturated rings. The van der Waals surface area contributed by atoms with Crippen molar-refractivity contribution in [2.45, 2.75) is 32.7 Å². The van der Waals surface area contributed by atoms with Crippen LogP contribution in [0.5, 0.6) is 0 Å². The van der Waals surface area contributed by atoms with Crippen molar-refractivity contribution < 1.29 is 9.59 Å². The van der Waals surface area contributed by atoms with Crippen LogP contribution in [0.15, 0.2) is 42.7 Å². The maximum absolute atomic E-state index is 12.4. The molecule has 0 radical (unpaired) electrons. The highest BCUT2D eigenvalue weighted by atomic mass is 16.2. The molecule has 1 atom stereocenters. The number of amides is 2. The third-order valence-electron chi connectivity index (χ3n) is 4.81. The summed E-state index contributed by atoms with van der Waals surface area (Å²) in [5.41, 5.74) is 2.06. The van der Waals surface area contributed by atoms with Gasteiger partial charge < -0.3 is 10.6 Å². The Balaban J connectivity index is 1.47. The predicted molar refractivity (Wildman–Crippen MR) is 108 cm³/mol. The molecule has 2 N–H and O–H groups in total. The Hall–Kier alpha value is -2.67. The Morgan fingerprint density at radius 3 is 2.86 bits per heavy atom. The summed E-state index contributed by atoms with van der Waals surface area (Å²) in [5.74, 6) is 0.315. The molecule has 0 aliphatic carbocycles. The minimum atomic E-state index is -0.378. The fourth-order valence-electron chi connectivity index (χ4n) is 3.48. The first-order chi connectivity index (χ1) is 13.5. The first-order valence-electron chi connectivity index (χ1n) is 9.90. The second-order valence-corrected chi connectivity index (χ2v) is 7.63. The summed E-state index contributed by atoms with van der Waals surface area (Å²) in [5, 5.41) is 10.2. The number of para-hydroxylation sites is 1. The fraction of sp³-hybridized carbons (Fsp3) is 0.476. The van der Waals surface area contributed by atoms with Crippen molar-refractivity contribution in [3.8, 4) is 5.69 Å². The standard InChI is InChI=1S/C21H29N5O2/c1-16(2)14-25-11-10-23-21(28)19(25)12-20(27)22-9-8-17-13-24-26(15-17)18-6-4-3-5-7-18/h3-7,13,15-16,19H,8-12,14H2,1-2H3,(H,22,27)(H,23,28)/t19-/m0/s1. The van der Waals surface area contributed by atoms with Crippen LogP contribution in [0.3, 0.4) is 0 Å². The van der Waals surface area contributed by atoms with Gasteiger partial charge in [-0.2, -0.15) is 5.10 Å². The van der Waals surface area contributed by atoms with E-state index in [1.165, 1.54) is 0 Å². The molecule has 3 rings (SSSR count). The average molecular weight is 383 g/mol. The average Bonchev–Trinajstić information content (AvgIpc) is 3.14. The smallest absolute Gasteiger partial charge is 0.237 e.